The smallest absolute Gasteiger partial charge is 0.246 e. The largest absolute Gasteiger partial charge is 0.494 e. The molecule has 2 aromatic rings. The summed E-state index contributed by atoms with van der Waals surface area (Å²) in [5.41, 5.74) is 1.89. The third-order valence-electron chi connectivity index (χ3n) is 4.44. The van der Waals surface area contributed by atoms with E-state index < -0.39 is 0 Å². The van der Waals surface area contributed by atoms with Gasteiger partial charge in [-0.1, -0.05) is 18.2 Å². The van der Waals surface area contributed by atoms with Crippen molar-refractivity contribution in [3.8, 4) is 5.75 Å². The van der Waals surface area contributed by atoms with Crippen molar-refractivity contribution in [2.75, 3.05) is 38.2 Å². The summed E-state index contributed by atoms with van der Waals surface area (Å²) >= 11 is 0. The minimum absolute atomic E-state index is 0. The number of hydrogen-bond donors (Lipinski definition) is 1. The number of piperazine rings is 1. The molecule has 0 atom stereocenters. The molecule has 28 heavy (non-hydrogen) atoms. The molecular formula is C19H27IN6O2. The zero-order valence-electron chi connectivity index (χ0n) is 16.5. The minimum atomic E-state index is 0. The van der Waals surface area contributed by atoms with E-state index in [1.54, 1.807) is 22.8 Å². The lowest BCUT2D eigenvalue weighted by Gasteiger charge is -2.35. The molecule has 1 aromatic heterocycles. The Labute approximate surface area is 182 Å². The van der Waals surface area contributed by atoms with Gasteiger partial charge >= 0.3 is 0 Å². The first-order valence-corrected chi connectivity index (χ1v) is 9.07. The highest BCUT2D eigenvalue weighted by molar-refractivity contribution is 14.0. The second-order valence-corrected chi connectivity index (χ2v) is 6.28. The van der Waals surface area contributed by atoms with Gasteiger partial charge in [-0.25, -0.2) is 0 Å². The van der Waals surface area contributed by atoms with E-state index in [0.717, 1.165) is 17.0 Å². The number of ether oxygens (including phenoxy) is 1. The molecule has 1 fully saturated rings. The zero-order valence-corrected chi connectivity index (χ0v) is 18.8. The van der Waals surface area contributed by atoms with Gasteiger partial charge in [-0.2, -0.15) is 5.10 Å². The van der Waals surface area contributed by atoms with Crippen LogP contribution < -0.4 is 15.0 Å². The third-order valence-corrected chi connectivity index (χ3v) is 4.44. The molecule has 0 saturated carbocycles. The van der Waals surface area contributed by atoms with E-state index in [2.05, 4.69) is 15.4 Å². The van der Waals surface area contributed by atoms with Crippen molar-refractivity contribution in [2.45, 2.75) is 13.5 Å². The fourth-order valence-corrected chi connectivity index (χ4v) is 3.13. The number of para-hydroxylation sites is 1. The lowest BCUT2D eigenvalue weighted by Crippen LogP contribution is -2.55. The van der Waals surface area contributed by atoms with Crippen molar-refractivity contribution in [1.29, 1.82) is 0 Å². The molecule has 1 aliphatic heterocycles. The first-order valence-electron chi connectivity index (χ1n) is 9.07. The van der Waals surface area contributed by atoms with Crippen molar-refractivity contribution < 1.29 is 9.53 Å². The van der Waals surface area contributed by atoms with Crippen LogP contribution in [0.1, 0.15) is 12.5 Å². The molecule has 0 aliphatic carbocycles. The number of rotatable bonds is 5. The lowest BCUT2D eigenvalue weighted by atomic mass is 10.2. The molecular weight excluding hydrogens is 471 g/mol. The number of aromatic nitrogens is 2. The molecule has 9 heteroatoms. The van der Waals surface area contributed by atoms with Crippen LogP contribution in [0.4, 0.5) is 5.69 Å². The van der Waals surface area contributed by atoms with Crippen LogP contribution >= 0.6 is 24.0 Å². The van der Waals surface area contributed by atoms with Gasteiger partial charge in [-0.3, -0.25) is 14.5 Å². The molecule has 0 radical (unpaired) electrons. The maximum absolute atomic E-state index is 12.6. The van der Waals surface area contributed by atoms with Crippen LogP contribution in [-0.2, 0) is 18.4 Å². The minimum Gasteiger partial charge on any atom is -0.494 e. The van der Waals surface area contributed by atoms with Crippen molar-refractivity contribution >= 4 is 41.5 Å². The summed E-state index contributed by atoms with van der Waals surface area (Å²) in [5.74, 6) is 1.60. The topological polar surface area (TPSA) is 75.0 Å². The van der Waals surface area contributed by atoms with Gasteiger partial charge in [0.15, 0.2) is 5.96 Å². The van der Waals surface area contributed by atoms with Crippen molar-refractivity contribution in [3.63, 3.8) is 0 Å². The van der Waals surface area contributed by atoms with Gasteiger partial charge in [0.05, 0.1) is 18.5 Å². The number of halogens is 1. The highest BCUT2D eigenvalue weighted by Gasteiger charge is 2.27. The monoisotopic (exact) mass is 498 g/mol. The fraction of sp³-hybridized carbons (Fsp3) is 0.421. The predicted molar refractivity (Wildman–Crippen MR) is 120 cm³/mol. The van der Waals surface area contributed by atoms with E-state index in [1.807, 2.05) is 49.3 Å². The van der Waals surface area contributed by atoms with Crippen molar-refractivity contribution in [2.24, 2.45) is 12.0 Å². The Hall–Kier alpha value is -2.30. The van der Waals surface area contributed by atoms with E-state index in [-0.39, 0.29) is 36.4 Å². The van der Waals surface area contributed by atoms with Crippen molar-refractivity contribution in [1.82, 2.24) is 20.0 Å². The number of benzene rings is 1. The Bertz CT molecular complexity index is 822. The average molecular weight is 498 g/mol. The molecule has 8 nitrogen and oxygen atoms in total. The average Bonchev–Trinajstić information content (AvgIpc) is 3.10. The van der Waals surface area contributed by atoms with E-state index in [0.29, 0.717) is 32.2 Å². The number of amides is 1. The maximum Gasteiger partial charge on any atom is 0.246 e. The second kappa shape index (κ2) is 10.3. The van der Waals surface area contributed by atoms with Crippen LogP contribution in [0, 0.1) is 0 Å². The molecule has 0 spiro atoms. The van der Waals surface area contributed by atoms with E-state index in [4.69, 9.17) is 4.74 Å². The summed E-state index contributed by atoms with van der Waals surface area (Å²) in [5, 5.41) is 7.49. The summed E-state index contributed by atoms with van der Waals surface area (Å²) in [6, 6.07) is 7.92. The summed E-state index contributed by atoms with van der Waals surface area (Å²) in [6.45, 7) is 4.75. The van der Waals surface area contributed by atoms with Crippen LogP contribution in [0.5, 0.6) is 5.75 Å². The number of carbonyl (C=O) groups excluding carboxylic acids is 1. The number of nitrogens with one attached hydrogen (secondary N) is 1. The first-order chi connectivity index (χ1) is 13.1. The number of guanidine groups is 1. The molecule has 0 unspecified atom stereocenters. The number of carbonyl (C=O) groups is 1. The first kappa shape index (κ1) is 22.0. The van der Waals surface area contributed by atoms with Crippen molar-refractivity contribution in [3.05, 3.63) is 42.2 Å². The van der Waals surface area contributed by atoms with Gasteiger partial charge < -0.3 is 19.9 Å². The van der Waals surface area contributed by atoms with E-state index in [1.165, 1.54) is 0 Å². The highest BCUT2D eigenvalue weighted by Crippen LogP contribution is 2.18. The Kier molecular flexibility index (Phi) is 8.09. The number of hydrogen-bond acceptors (Lipinski definition) is 4. The van der Waals surface area contributed by atoms with Gasteiger partial charge in [0.2, 0.25) is 5.91 Å². The number of nitrogens with zero attached hydrogens (tertiary/aromatic N) is 5. The van der Waals surface area contributed by atoms with Crippen LogP contribution in [0.3, 0.4) is 0 Å². The molecule has 1 aromatic carbocycles. The summed E-state index contributed by atoms with van der Waals surface area (Å²) in [4.78, 5) is 20.7. The van der Waals surface area contributed by atoms with Crippen LogP contribution in [-0.4, -0.2) is 59.8 Å². The standard InChI is InChI=1S/C19H26N6O2.HI/c1-4-27-17-8-6-5-7-15(17)11-21-19(20-2)24-9-10-25(18(26)14-24)16-12-22-23(3)13-16;/h5-8,12-13H,4,9-11,14H2,1-3H3,(H,20,21);1H. The molecule has 3 rings (SSSR count). The number of aliphatic imine (C=N–C) groups is 1. The third kappa shape index (κ3) is 5.15. The van der Waals surface area contributed by atoms with Crippen LogP contribution in [0.2, 0.25) is 0 Å². The SMILES string of the molecule is CCOc1ccccc1CNC(=NC)N1CCN(c2cnn(C)c2)C(=O)C1.I. The molecule has 152 valence electrons. The van der Waals surface area contributed by atoms with Crippen LogP contribution in [0.15, 0.2) is 41.7 Å². The molecule has 2 heterocycles. The quantitative estimate of drug-likeness (QED) is 0.387. The maximum atomic E-state index is 12.6. The fourth-order valence-electron chi connectivity index (χ4n) is 3.13. The van der Waals surface area contributed by atoms with Gasteiger partial charge in [0.1, 0.15) is 12.3 Å². The zero-order chi connectivity index (χ0) is 19.2. The van der Waals surface area contributed by atoms with Gasteiger partial charge in [0, 0.05) is 45.5 Å². The number of anilines is 1. The number of aryl methyl sites for hydroxylation is 1. The Morgan fingerprint density at radius 2 is 2.11 bits per heavy atom. The highest BCUT2D eigenvalue weighted by atomic mass is 127. The Morgan fingerprint density at radius 3 is 2.75 bits per heavy atom. The predicted octanol–water partition coefficient (Wildman–Crippen LogP) is 1.86. The van der Waals surface area contributed by atoms with E-state index >= 15 is 0 Å². The molecule has 1 amide bonds. The summed E-state index contributed by atoms with van der Waals surface area (Å²) in [6.07, 6.45) is 3.57. The van der Waals surface area contributed by atoms with Gasteiger partial charge in [-0.05, 0) is 13.0 Å². The summed E-state index contributed by atoms with van der Waals surface area (Å²) < 4.78 is 7.37. The molecule has 1 aliphatic rings. The van der Waals surface area contributed by atoms with Crippen LogP contribution in [0.25, 0.3) is 0 Å². The summed E-state index contributed by atoms with van der Waals surface area (Å²) in [7, 11) is 3.57. The second-order valence-electron chi connectivity index (χ2n) is 6.28. The molecule has 0 bridgehead atoms. The Morgan fingerprint density at radius 1 is 1.32 bits per heavy atom. The lowest BCUT2D eigenvalue weighted by molar-refractivity contribution is -0.120. The molecule has 1 N–H and O–H groups in total. The van der Waals surface area contributed by atoms with E-state index in [9.17, 15) is 4.79 Å². The molecule has 1 saturated heterocycles. The normalized spacial score (nSPS) is 14.7. The Balaban J connectivity index is 0.00000280. The van der Waals surface area contributed by atoms with Gasteiger partial charge in [0.25, 0.3) is 0 Å². The van der Waals surface area contributed by atoms with Gasteiger partial charge in [-0.15, -0.1) is 24.0 Å².